The summed E-state index contributed by atoms with van der Waals surface area (Å²) in [7, 11) is 0. The van der Waals surface area contributed by atoms with Gasteiger partial charge in [0, 0.05) is 23.6 Å². The van der Waals surface area contributed by atoms with Crippen molar-refractivity contribution in [1.29, 1.82) is 0 Å². The molecule has 2 amide bonds. The van der Waals surface area contributed by atoms with Crippen molar-refractivity contribution >= 4 is 29.4 Å². The summed E-state index contributed by atoms with van der Waals surface area (Å²) in [5.41, 5.74) is 5.79. The van der Waals surface area contributed by atoms with Crippen LogP contribution in [-0.2, 0) is 27.6 Å². The Labute approximate surface area is 189 Å². The van der Waals surface area contributed by atoms with Crippen LogP contribution in [0.2, 0.25) is 0 Å². The van der Waals surface area contributed by atoms with E-state index in [4.69, 9.17) is 14.6 Å². The van der Waals surface area contributed by atoms with Crippen LogP contribution in [0.15, 0.2) is 36.4 Å². The number of nitrogens with zero attached hydrogens (tertiary/aromatic N) is 2. The number of aromatic nitrogens is 2. The van der Waals surface area contributed by atoms with E-state index in [9.17, 15) is 9.59 Å². The molecular formula is C23H22N4O4S. The minimum atomic E-state index is -0.726. The number of aryl methyl sites for hydroxylation is 2. The number of thioether (sulfide) groups is 1. The Morgan fingerprint density at radius 3 is 2.75 bits per heavy atom. The minimum absolute atomic E-state index is 0.185. The third-order valence-electron chi connectivity index (χ3n) is 5.46. The lowest BCUT2D eigenvalue weighted by Gasteiger charge is -2.13. The Balaban J connectivity index is 1.33. The highest BCUT2D eigenvalue weighted by Gasteiger charge is 2.27. The molecule has 2 aromatic carbocycles. The third-order valence-corrected chi connectivity index (χ3v) is 6.43. The summed E-state index contributed by atoms with van der Waals surface area (Å²) in [6, 6.07) is 11.5. The van der Waals surface area contributed by atoms with E-state index in [2.05, 4.69) is 16.7 Å². The van der Waals surface area contributed by atoms with Gasteiger partial charge >= 0.3 is 11.8 Å². The smallest absolute Gasteiger partial charge is 0.314 e. The maximum absolute atomic E-state index is 12.7. The van der Waals surface area contributed by atoms with Crippen molar-refractivity contribution in [2.45, 2.75) is 31.9 Å². The summed E-state index contributed by atoms with van der Waals surface area (Å²) >= 11 is 1.74. The second-order valence-corrected chi connectivity index (χ2v) is 8.78. The van der Waals surface area contributed by atoms with Crippen LogP contribution in [0, 0.1) is 13.8 Å². The van der Waals surface area contributed by atoms with Crippen LogP contribution in [0.3, 0.4) is 0 Å². The van der Waals surface area contributed by atoms with Crippen LogP contribution in [0.5, 0.6) is 11.5 Å². The van der Waals surface area contributed by atoms with Gasteiger partial charge in [0.2, 0.25) is 6.79 Å². The lowest BCUT2D eigenvalue weighted by Crippen LogP contribution is -2.35. The van der Waals surface area contributed by atoms with E-state index in [1.165, 1.54) is 0 Å². The fourth-order valence-electron chi connectivity index (χ4n) is 3.84. The Kier molecular flexibility index (Phi) is 5.26. The summed E-state index contributed by atoms with van der Waals surface area (Å²) < 4.78 is 12.4. The zero-order valence-electron chi connectivity index (χ0n) is 17.7. The molecule has 0 fully saturated rings. The fraction of sp³-hybridized carbons (Fsp3) is 0.261. The summed E-state index contributed by atoms with van der Waals surface area (Å²) in [5, 5.41) is 10.2. The van der Waals surface area contributed by atoms with Crippen LogP contribution < -0.4 is 20.1 Å². The molecule has 0 aliphatic carbocycles. The number of rotatable bonds is 4. The van der Waals surface area contributed by atoms with Crippen LogP contribution in [0.4, 0.5) is 5.82 Å². The number of hydrogen-bond acceptors (Lipinski definition) is 6. The molecule has 3 heterocycles. The number of fused-ring (bicyclic) bond motifs is 2. The zero-order valence-corrected chi connectivity index (χ0v) is 18.5. The van der Waals surface area contributed by atoms with Crippen molar-refractivity contribution in [3.8, 4) is 17.2 Å². The fourth-order valence-corrected chi connectivity index (χ4v) is 4.87. The van der Waals surface area contributed by atoms with Gasteiger partial charge in [0.05, 0.1) is 11.4 Å². The Morgan fingerprint density at radius 1 is 1.06 bits per heavy atom. The van der Waals surface area contributed by atoms with Crippen molar-refractivity contribution < 1.29 is 19.1 Å². The molecule has 0 unspecified atom stereocenters. The molecule has 0 bridgehead atoms. The van der Waals surface area contributed by atoms with E-state index in [1.807, 2.05) is 32.0 Å². The van der Waals surface area contributed by atoms with Gasteiger partial charge in [-0.05, 0) is 43.2 Å². The van der Waals surface area contributed by atoms with E-state index in [-0.39, 0.29) is 13.3 Å². The molecule has 2 aliphatic rings. The van der Waals surface area contributed by atoms with E-state index in [1.54, 1.807) is 28.6 Å². The molecular weight excluding hydrogens is 428 g/mol. The first-order valence-corrected chi connectivity index (χ1v) is 11.4. The molecule has 164 valence electrons. The van der Waals surface area contributed by atoms with Gasteiger partial charge in [0.25, 0.3) is 0 Å². The standard InChI is InChI=1S/C23H22N4O4S/c1-13-3-5-18(14(2)7-13)27-21(16-10-32-11-17(16)26-27)25-23(29)22(28)24-9-15-4-6-19-20(8-15)31-12-30-19/h3-8H,9-12H2,1-2H3,(H,24,28)(H,25,29). The number of amides is 2. The van der Waals surface area contributed by atoms with E-state index < -0.39 is 11.8 Å². The maximum atomic E-state index is 12.7. The molecule has 5 rings (SSSR count). The summed E-state index contributed by atoms with van der Waals surface area (Å²) in [6.45, 7) is 4.43. The van der Waals surface area contributed by atoms with E-state index >= 15 is 0 Å². The summed E-state index contributed by atoms with van der Waals surface area (Å²) in [4.78, 5) is 25.2. The number of anilines is 1. The van der Waals surface area contributed by atoms with Crippen molar-refractivity contribution in [2.24, 2.45) is 0 Å². The Hall–Kier alpha value is -3.46. The van der Waals surface area contributed by atoms with E-state index in [0.29, 0.717) is 17.3 Å². The van der Waals surface area contributed by atoms with Crippen molar-refractivity contribution in [3.63, 3.8) is 0 Å². The molecule has 0 radical (unpaired) electrons. The summed E-state index contributed by atoms with van der Waals surface area (Å²) in [6.07, 6.45) is 0. The first-order chi connectivity index (χ1) is 15.5. The highest BCUT2D eigenvalue weighted by molar-refractivity contribution is 7.98. The quantitative estimate of drug-likeness (QED) is 0.593. The van der Waals surface area contributed by atoms with Crippen molar-refractivity contribution in [3.05, 3.63) is 64.3 Å². The SMILES string of the molecule is Cc1ccc(-n2nc3c(c2NC(=O)C(=O)NCc2ccc4c(c2)OCO4)CSC3)c(C)c1. The zero-order chi connectivity index (χ0) is 22.2. The van der Waals surface area contributed by atoms with Gasteiger partial charge in [-0.2, -0.15) is 16.9 Å². The first kappa shape index (κ1) is 20.4. The van der Waals surface area contributed by atoms with Gasteiger partial charge in [0.1, 0.15) is 5.82 Å². The van der Waals surface area contributed by atoms with Crippen molar-refractivity contribution in [1.82, 2.24) is 15.1 Å². The Morgan fingerprint density at radius 2 is 1.91 bits per heavy atom. The number of ether oxygens (including phenoxy) is 2. The molecule has 32 heavy (non-hydrogen) atoms. The molecule has 0 saturated carbocycles. The Bertz CT molecular complexity index is 1240. The topological polar surface area (TPSA) is 94.5 Å². The second kappa shape index (κ2) is 8.23. The average Bonchev–Trinajstić information content (AvgIpc) is 3.49. The van der Waals surface area contributed by atoms with Gasteiger partial charge < -0.3 is 20.1 Å². The average molecular weight is 451 g/mol. The van der Waals surface area contributed by atoms with Crippen LogP contribution >= 0.6 is 11.8 Å². The lowest BCUT2D eigenvalue weighted by atomic mass is 10.1. The van der Waals surface area contributed by atoms with Crippen LogP contribution in [0.25, 0.3) is 5.69 Å². The number of benzene rings is 2. The molecule has 9 heteroatoms. The predicted molar refractivity (Wildman–Crippen MR) is 121 cm³/mol. The second-order valence-electron chi connectivity index (χ2n) is 7.79. The van der Waals surface area contributed by atoms with Crippen LogP contribution in [0.1, 0.15) is 27.9 Å². The van der Waals surface area contributed by atoms with Gasteiger partial charge in [-0.3, -0.25) is 9.59 Å². The highest BCUT2D eigenvalue weighted by atomic mass is 32.2. The molecule has 1 aromatic heterocycles. The van der Waals surface area contributed by atoms with Gasteiger partial charge in [-0.1, -0.05) is 23.8 Å². The molecule has 0 atom stereocenters. The van der Waals surface area contributed by atoms with Crippen molar-refractivity contribution in [2.75, 3.05) is 12.1 Å². The number of nitrogens with one attached hydrogen (secondary N) is 2. The number of hydrogen-bond donors (Lipinski definition) is 2. The van der Waals surface area contributed by atoms with Gasteiger partial charge in [0.15, 0.2) is 11.5 Å². The first-order valence-electron chi connectivity index (χ1n) is 10.2. The maximum Gasteiger partial charge on any atom is 0.314 e. The molecule has 8 nitrogen and oxygen atoms in total. The number of carbonyl (C=O) groups excluding carboxylic acids is 2. The number of carbonyl (C=O) groups is 2. The monoisotopic (exact) mass is 450 g/mol. The molecule has 2 aliphatic heterocycles. The largest absolute Gasteiger partial charge is 0.454 e. The molecule has 2 N–H and O–H groups in total. The van der Waals surface area contributed by atoms with Gasteiger partial charge in [-0.15, -0.1) is 0 Å². The summed E-state index contributed by atoms with van der Waals surface area (Å²) in [5.74, 6) is 1.95. The molecule has 3 aromatic rings. The highest BCUT2D eigenvalue weighted by Crippen LogP contribution is 2.36. The predicted octanol–water partition coefficient (Wildman–Crippen LogP) is 3.22. The van der Waals surface area contributed by atoms with Gasteiger partial charge in [-0.25, -0.2) is 4.68 Å². The van der Waals surface area contributed by atoms with E-state index in [0.717, 1.165) is 45.1 Å². The third kappa shape index (κ3) is 3.80. The normalized spacial score (nSPS) is 13.7. The lowest BCUT2D eigenvalue weighted by molar-refractivity contribution is -0.136. The molecule has 0 saturated heterocycles. The molecule has 0 spiro atoms. The minimum Gasteiger partial charge on any atom is -0.454 e. The van der Waals surface area contributed by atoms with Crippen LogP contribution in [-0.4, -0.2) is 28.4 Å².